The second-order valence-electron chi connectivity index (χ2n) is 5.44. The molecule has 0 aliphatic heterocycles. The van der Waals surface area contributed by atoms with Crippen molar-refractivity contribution in [3.8, 4) is 5.75 Å². The van der Waals surface area contributed by atoms with Gasteiger partial charge in [-0.2, -0.15) is 0 Å². The van der Waals surface area contributed by atoms with Gasteiger partial charge in [0.05, 0.1) is 11.6 Å². The molecular weight excluding hydrogens is 358 g/mol. The fourth-order valence-electron chi connectivity index (χ4n) is 2.14. The lowest BCUT2D eigenvalue weighted by atomic mass is 10.3. The van der Waals surface area contributed by atoms with Gasteiger partial charge in [0.25, 0.3) is 0 Å². The number of aliphatic imine (C=N–C) groups is 1. The predicted octanol–water partition coefficient (Wildman–Crippen LogP) is 3.16. The Bertz CT molecular complexity index is 721. The summed E-state index contributed by atoms with van der Waals surface area (Å²) in [6.07, 6.45) is 3.72. The summed E-state index contributed by atoms with van der Waals surface area (Å²) in [6, 6.07) is 3.48. The minimum absolute atomic E-state index is 0.295. The molecule has 8 heteroatoms. The van der Waals surface area contributed by atoms with E-state index in [0.29, 0.717) is 31.4 Å². The molecular formula is C18H24F2N4OS. The number of aromatic nitrogens is 1. The van der Waals surface area contributed by atoms with E-state index in [-0.39, 0.29) is 0 Å². The fraction of sp³-hybridized carbons (Fsp3) is 0.444. The molecule has 0 amide bonds. The number of ether oxygens (including phenoxy) is 1. The molecule has 1 aromatic heterocycles. The molecule has 1 aromatic carbocycles. The number of aryl methyl sites for hydroxylation is 1. The third-order valence-electron chi connectivity index (χ3n) is 3.44. The van der Waals surface area contributed by atoms with E-state index in [2.05, 4.69) is 27.5 Å². The molecule has 0 radical (unpaired) electrons. The summed E-state index contributed by atoms with van der Waals surface area (Å²) >= 11 is 1.72. The Balaban J connectivity index is 1.74. The van der Waals surface area contributed by atoms with E-state index in [1.54, 1.807) is 11.3 Å². The molecule has 0 fully saturated rings. The largest absolute Gasteiger partial charge is 0.492 e. The van der Waals surface area contributed by atoms with Gasteiger partial charge in [-0.05, 0) is 25.5 Å². The van der Waals surface area contributed by atoms with Crippen molar-refractivity contribution in [2.24, 2.45) is 4.99 Å². The Morgan fingerprint density at radius 1 is 1.23 bits per heavy atom. The Hall–Kier alpha value is -2.22. The third kappa shape index (κ3) is 6.59. The van der Waals surface area contributed by atoms with Crippen LogP contribution >= 0.6 is 11.3 Å². The van der Waals surface area contributed by atoms with E-state index in [4.69, 9.17) is 4.74 Å². The topological polar surface area (TPSA) is 58.5 Å². The molecule has 1 heterocycles. The zero-order valence-electron chi connectivity index (χ0n) is 15.0. The molecule has 142 valence electrons. The molecule has 0 saturated heterocycles. The Morgan fingerprint density at radius 2 is 2.08 bits per heavy atom. The summed E-state index contributed by atoms with van der Waals surface area (Å²) in [5.74, 6) is -0.820. The number of benzene rings is 1. The molecule has 2 aromatic rings. The lowest BCUT2D eigenvalue weighted by Gasteiger charge is -2.12. The summed E-state index contributed by atoms with van der Waals surface area (Å²) in [7, 11) is 0. The van der Waals surface area contributed by atoms with E-state index < -0.39 is 11.6 Å². The average Bonchev–Trinajstić information content (AvgIpc) is 3.09. The number of hydrogen-bond donors (Lipinski definition) is 2. The van der Waals surface area contributed by atoms with Crippen LogP contribution in [0.5, 0.6) is 5.75 Å². The van der Waals surface area contributed by atoms with Crippen LogP contribution in [0.2, 0.25) is 0 Å². The number of hydrogen-bond acceptors (Lipinski definition) is 4. The number of halogens is 2. The van der Waals surface area contributed by atoms with Crippen LogP contribution in [0.4, 0.5) is 8.78 Å². The Morgan fingerprint density at radius 3 is 2.77 bits per heavy atom. The van der Waals surface area contributed by atoms with E-state index >= 15 is 0 Å². The second kappa shape index (κ2) is 10.7. The molecule has 0 unspecified atom stereocenters. The van der Waals surface area contributed by atoms with E-state index in [1.165, 1.54) is 10.9 Å². The number of guanidine groups is 1. The van der Waals surface area contributed by atoms with Crippen LogP contribution < -0.4 is 15.4 Å². The summed E-state index contributed by atoms with van der Waals surface area (Å²) in [5.41, 5.74) is 0. The van der Waals surface area contributed by atoms with Crippen molar-refractivity contribution in [2.75, 3.05) is 26.2 Å². The van der Waals surface area contributed by atoms with Crippen molar-refractivity contribution < 1.29 is 13.5 Å². The predicted molar refractivity (Wildman–Crippen MR) is 101 cm³/mol. The lowest BCUT2D eigenvalue weighted by molar-refractivity contribution is 0.318. The van der Waals surface area contributed by atoms with Crippen LogP contribution in [0.1, 0.15) is 23.7 Å². The van der Waals surface area contributed by atoms with Gasteiger partial charge in [0.1, 0.15) is 12.4 Å². The number of rotatable bonds is 9. The van der Waals surface area contributed by atoms with Crippen molar-refractivity contribution in [3.05, 3.63) is 45.9 Å². The van der Waals surface area contributed by atoms with Gasteiger partial charge in [0.15, 0.2) is 17.6 Å². The number of nitrogens with one attached hydrogen (secondary N) is 2. The molecule has 26 heavy (non-hydrogen) atoms. The van der Waals surface area contributed by atoms with Gasteiger partial charge in [-0.15, -0.1) is 11.3 Å². The highest BCUT2D eigenvalue weighted by Gasteiger charge is 2.04. The summed E-state index contributed by atoms with van der Waals surface area (Å²) in [6.45, 7) is 6.28. The number of thiazole rings is 1. The van der Waals surface area contributed by atoms with Crippen LogP contribution in [0.15, 0.2) is 29.4 Å². The van der Waals surface area contributed by atoms with Gasteiger partial charge in [0.2, 0.25) is 0 Å². The first-order chi connectivity index (χ1) is 12.6. The van der Waals surface area contributed by atoms with Crippen molar-refractivity contribution in [1.82, 2.24) is 15.6 Å². The summed E-state index contributed by atoms with van der Waals surface area (Å²) in [5, 5.41) is 7.39. The lowest BCUT2D eigenvalue weighted by Crippen LogP contribution is -2.39. The first-order valence-electron chi connectivity index (χ1n) is 8.66. The third-order valence-corrected chi connectivity index (χ3v) is 4.65. The molecule has 0 saturated carbocycles. The van der Waals surface area contributed by atoms with Crippen molar-refractivity contribution in [1.29, 1.82) is 0 Å². The fourth-order valence-corrected chi connectivity index (χ4v) is 2.99. The standard InChI is InChI=1S/C18H24F2N4OS/c1-3-14-12-24-17(26-14)7-8-22-18(21-4-2)23-9-10-25-13-5-6-15(19)16(20)11-13/h5-6,11-12H,3-4,7-10H2,1-2H3,(H2,21,22,23). The normalized spacial score (nSPS) is 11.5. The Kier molecular flexibility index (Phi) is 8.27. The molecule has 0 atom stereocenters. The highest BCUT2D eigenvalue weighted by Crippen LogP contribution is 2.15. The maximum Gasteiger partial charge on any atom is 0.191 e. The monoisotopic (exact) mass is 382 g/mol. The van der Waals surface area contributed by atoms with Gasteiger partial charge < -0.3 is 15.4 Å². The molecule has 0 spiro atoms. The zero-order chi connectivity index (χ0) is 18.8. The maximum atomic E-state index is 13.1. The SMILES string of the molecule is CCNC(=NCCc1ncc(CC)s1)NCCOc1ccc(F)c(F)c1. The molecule has 0 bridgehead atoms. The molecule has 5 nitrogen and oxygen atoms in total. The minimum atomic E-state index is -0.918. The maximum absolute atomic E-state index is 13.1. The van der Waals surface area contributed by atoms with Gasteiger partial charge in [-0.25, -0.2) is 13.8 Å². The van der Waals surface area contributed by atoms with Crippen LogP contribution in [-0.4, -0.2) is 37.2 Å². The van der Waals surface area contributed by atoms with Crippen LogP contribution in [0.3, 0.4) is 0 Å². The molecule has 2 rings (SSSR count). The quantitative estimate of drug-likeness (QED) is 0.397. The first kappa shape index (κ1) is 20.1. The highest BCUT2D eigenvalue weighted by molar-refractivity contribution is 7.11. The first-order valence-corrected chi connectivity index (χ1v) is 9.47. The van der Waals surface area contributed by atoms with Crippen molar-refractivity contribution in [3.63, 3.8) is 0 Å². The average molecular weight is 382 g/mol. The van der Waals surface area contributed by atoms with Crippen LogP contribution in [-0.2, 0) is 12.8 Å². The van der Waals surface area contributed by atoms with Crippen LogP contribution in [0, 0.1) is 11.6 Å². The summed E-state index contributed by atoms with van der Waals surface area (Å²) < 4.78 is 31.4. The van der Waals surface area contributed by atoms with Crippen molar-refractivity contribution >= 4 is 17.3 Å². The van der Waals surface area contributed by atoms with Crippen molar-refractivity contribution in [2.45, 2.75) is 26.7 Å². The second-order valence-corrected chi connectivity index (χ2v) is 6.64. The zero-order valence-corrected chi connectivity index (χ0v) is 15.8. The van der Waals surface area contributed by atoms with E-state index in [9.17, 15) is 8.78 Å². The highest BCUT2D eigenvalue weighted by atomic mass is 32.1. The minimum Gasteiger partial charge on any atom is -0.492 e. The number of nitrogens with zero attached hydrogens (tertiary/aromatic N) is 2. The molecule has 2 N–H and O–H groups in total. The summed E-state index contributed by atoms with van der Waals surface area (Å²) in [4.78, 5) is 10.2. The molecule has 0 aliphatic rings. The van der Waals surface area contributed by atoms with Gasteiger partial charge in [-0.3, -0.25) is 4.99 Å². The van der Waals surface area contributed by atoms with Gasteiger partial charge in [0, 0.05) is 36.7 Å². The van der Waals surface area contributed by atoms with E-state index in [0.717, 1.165) is 36.5 Å². The smallest absolute Gasteiger partial charge is 0.191 e. The van der Waals surface area contributed by atoms with E-state index in [1.807, 2.05) is 13.1 Å². The van der Waals surface area contributed by atoms with Crippen LogP contribution in [0.25, 0.3) is 0 Å². The Labute approximate surface area is 156 Å². The van der Waals surface area contributed by atoms with Gasteiger partial charge >= 0.3 is 0 Å². The molecule has 0 aliphatic carbocycles. The van der Waals surface area contributed by atoms with Gasteiger partial charge in [-0.1, -0.05) is 6.92 Å².